The third-order valence-corrected chi connectivity index (χ3v) is 4.99. The van der Waals surface area contributed by atoms with E-state index in [1.807, 2.05) is 16.0 Å². The number of carbonyl (C=O) groups is 1. The summed E-state index contributed by atoms with van der Waals surface area (Å²) < 4.78 is 1.90. The fraction of sp³-hybridized carbons (Fsp3) is 0.600. The van der Waals surface area contributed by atoms with E-state index in [4.69, 9.17) is 0 Å². The molecular formula is C15H21N3OS. The molecule has 5 heteroatoms. The number of carbonyl (C=O) groups excluding carboxylic acids is 1. The van der Waals surface area contributed by atoms with Crippen LogP contribution in [0.5, 0.6) is 0 Å². The van der Waals surface area contributed by atoms with Crippen molar-refractivity contribution in [3.63, 3.8) is 0 Å². The van der Waals surface area contributed by atoms with Gasteiger partial charge in [-0.1, -0.05) is 19.8 Å². The van der Waals surface area contributed by atoms with Gasteiger partial charge in [0.25, 0.3) is 0 Å². The molecule has 20 heavy (non-hydrogen) atoms. The van der Waals surface area contributed by atoms with Gasteiger partial charge in [0.15, 0.2) is 17.1 Å². The first-order valence-electron chi connectivity index (χ1n) is 7.49. The third kappa shape index (κ3) is 2.46. The summed E-state index contributed by atoms with van der Waals surface area (Å²) in [6, 6.07) is 0. The lowest BCUT2D eigenvalue weighted by atomic mass is 9.96. The molecule has 0 N–H and O–H groups in total. The molecule has 1 unspecified atom stereocenters. The van der Waals surface area contributed by atoms with Gasteiger partial charge in [-0.2, -0.15) is 0 Å². The largest absolute Gasteiger partial charge is 0.355 e. The molecule has 1 aliphatic rings. The highest BCUT2D eigenvalue weighted by Crippen LogP contribution is 2.28. The van der Waals surface area contributed by atoms with Crippen LogP contribution in [0.25, 0.3) is 4.96 Å². The van der Waals surface area contributed by atoms with Crippen LogP contribution in [0.1, 0.15) is 49.5 Å². The number of aldehydes is 1. The fourth-order valence-electron chi connectivity index (χ4n) is 3.21. The lowest BCUT2D eigenvalue weighted by Crippen LogP contribution is -2.25. The predicted molar refractivity (Wildman–Crippen MR) is 82.9 cm³/mol. The summed E-state index contributed by atoms with van der Waals surface area (Å²) in [7, 11) is 0. The van der Waals surface area contributed by atoms with Gasteiger partial charge in [0, 0.05) is 24.7 Å². The van der Waals surface area contributed by atoms with Gasteiger partial charge in [-0.25, -0.2) is 4.98 Å². The third-order valence-electron chi connectivity index (χ3n) is 4.24. The maximum absolute atomic E-state index is 11.4. The van der Waals surface area contributed by atoms with Crippen LogP contribution in [0.15, 0.2) is 11.6 Å². The van der Waals surface area contributed by atoms with Gasteiger partial charge in [0.1, 0.15) is 5.69 Å². The zero-order valence-corrected chi connectivity index (χ0v) is 12.7. The van der Waals surface area contributed by atoms with Crippen LogP contribution >= 0.6 is 11.3 Å². The number of hydrogen-bond donors (Lipinski definition) is 0. The SMILES string of the molecule is CCCC1CCCN(c2nc3sccn3c2C=O)CC1. The van der Waals surface area contributed by atoms with Gasteiger partial charge in [0.05, 0.1) is 0 Å². The Hall–Kier alpha value is -1.36. The first-order valence-corrected chi connectivity index (χ1v) is 8.37. The molecule has 0 radical (unpaired) electrons. The van der Waals surface area contributed by atoms with Crippen LogP contribution in [0.4, 0.5) is 5.82 Å². The van der Waals surface area contributed by atoms with Crippen LogP contribution in [-0.4, -0.2) is 28.8 Å². The number of aromatic nitrogens is 2. The Bertz CT molecular complexity index is 589. The Labute approximate surface area is 123 Å². The molecule has 2 aromatic heterocycles. The molecule has 2 aromatic rings. The number of thiazole rings is 1. The second-order valence-corrected chi connectivity index (χ2v) is 6.44. The summed E-state index contributed by atoms with van der Waals surface area (Å²) in [4.78, 5) is 19.3. The van der Waals surface area contributed by atoms with Gasteiger partial charge < -0.3 is 4.90 Å². The molecule has 0 aliphatic carbocycles. The molecule has 0 bridgehead atoms. The molecule has 0 amide bonds. The summed E-state index contributed by atoms with van der Waals surface area (Å²) in [6.07, 6.45) is 9.19. The minimum atomic E-state index is 0.704. The van der Waals surface area contributed by atoms with Crippen LogP contribution in [0.3, 0.4) is 0 Å². The van der Waals surface area contributed by atoms with E-state index in [2.05, 4.69) is 16.8 Å². The number of rotatable bonds is 4. The highest BCUT2D eigenvalue weighted by molar-refractivity contribution is 7.15. The standard InChI is InChI=1S/C15H21N3OS/c1-2-4-12-5-3-7-17(8-6-12)14-13(11-19)18-9-10-20-15(18)16-14/h9-12H,2-8H2,1H3. The highest BCUT2D eigenvalue weighted by atomic mass is 32.1. The summed E-state index contributed by atoms with van der Waals surface area (Å²) in [6.45, 7) is 4.30. The van der Waals surface area contributed by atoms with Crippen LogP contribution in [0.2, 0.25) is 0 Å². The molecular weight excluding hydrogens is 270 g/mol. The Morgan fingerprint density at radius 2 is 2.35 bits per heavy atom. The molecule has 4 nitrogen and oxygen atoms in total. The number of anilines is 1. The summed E-state index contributed by atoms with van der Waals surface area (Å²) in [5.41, 5.74) is 0.704. The molecule has 0 aromatic carbocycles. The normalized spacial score (nSPS) is 20.2. The molecule has 108 valence electrons. The Morgan fingerprint density at radius 1 is 1.45 bits per heavy atom. The zero-order chi connectivity index (χ0) is 13.9. The second kappa shape index (κ2) is 5.95. The maximum atomic E-state index is 11.4. The van der Waals surface area contributed by atoms with Crippen molar-refractivity contribution < 1.29 is 4.79 Å². The first-order chi connectivity index (χ1) is 9.83. The van der Waals surface area contributed by atoms with Crippen molar-refractivity contribution in [1.82, 2.24) is 9.38 Å². The minimum Gasteiger partial charge on any atom is -0.355 e. The molecule has 1 fully saturated rings. The molecule has 0 saturated carbocycles. The zero-order valence-electron chi connectivity index (χ0n) is 11.9. The lowest BCUT2D eigenvalue weighted by Gasteiger charge is -2.20. The lowest BCUT2D eigenvalue weighted by molar-refractivity contribution is 0.111. The van der Waals surface area contributed by atoms with Gasteiger partial charge in [-0.05, 0) is 25.2 Å². The van der Waals surface area contributed by atoms with Crippen molar-refractivity contribution in [3.8, 4) is 0 Å². The molecule has 0 spiro atoms. The summed E-state index contributed by atoms with van der Waals surface area (Å²) in [5.74, 6) is 1.72. The van der Waals surface area contributed by atoms with Crippen molar-refractivity contribution in [3.05, 3.63) is 17.3 Å². The van der Waals surface area contributed by atoms with E-state index in [0.29, 0.717) is 5.69 Å². The van der Waals surface area contributed by atoms with E-state index in [1.165, 1.54) is 32.1 Å². The minimum absolute atomic E-state index is 0.704. The van der Waals surface area contributed by atoms with E-state index < -0.39 is 0 Å². The quantitative estimate of drug-likeness (QED) is 0.808. The van der Waals surface area contributed by atoms with Crippen molar-refractivity contribution in [1.29, 1.82) is 0 Å². The Morgan fingerprint density at radius 3 is 3.15 bits per heavy atom. The fourth-order valence-corrected chi connectivity index (χ4v) is 3.92. The topological polar surface area (TPSA) is 37.6 Å². The van der Waals surface area contributed by atoms with E-state index in [-0.39, 0.29) is 0 Å². The van der Waals surface area contributed by atoms with Crippen LogP contribution in [-0.2, 0) is 0 Å². The van der Waals surface area contributed by atoms with Gasteiger partial charge in [-0.15, -0.1) is 11.3 Å². The van der Waals surface area contributed by atoms with Gasteiger partial charge in [0.2, 0.25) is 0 Å². The number of fused-ring (bicyclic) bond motifs is 1. The molecule has 3 rings (SSSR count). The van der Waals surface area contributed by atoms with Crippen LogP contribution < -0.4 is 4.90 Å². The van der Waals surface area contributed by atoms with E-state index in [1.54, 1.807) is 11.3 Å². The highest BCUT2D eigenvalue weighted by Gasteiger charge is 2.22. The number of imidazole rings is 1. The van der Waals surface area contributed by atoms with Gasteiger partial charge >= 0.3 is 0 Å². The Kier molecular flexibility index (Phi) is 4.05. The average molecular weight is 291 g/mol. The molecule has 1 aliphatic heterocycles. The van der Waals surface area contributed by atoms with Crippen molar-refractivity contribution in [2.75, 3.05) is 18.0 Å². The summed E-state index contributed by atoms with van der Waals surface area (Å²) >= 11 is 1.58. The van der Waals surface area contributed by atoms with E-state index in [0.717, 1.165) is 36.1 Å². The smallest absolute Gasteiger partial charge is 0.196 e. The molecule has 3 heterocycles. The summed E-state index contributed by atoms with van der Waals surface area (Å²) in [5, 5.41) is 1.97. The maximum Gasteiger partial charge on any atom is 0.196 e. The van der Waals surface area contributed by atoms with Crippen molar-refractivity contribution in [2.45, 2.75) is 39.0 Å². The second-order valence-electron chi connectivity index (χ2n) is 5.57. The number of hydrogen-bond acceptors (Lipinski definition) is 4. The number of nitrogens with zero attached hydrogens (tertiary/aromatic N) is 3. The van der Waals surface area contributed by atoms with E-state index >= 15 is 0 Å². The first kappa shape index (κ1) is 13.6. The van der Waals surface area contributed by atoms with E-state index in [9.17, 15) is 4.79 Å². The van der Waals surface area contributed by atoms with Crippen molar-refractivity contribution in [2.24, 2.45) is 5.92 Å². The van der Waals surface area contributed by atoms with Crippen LogP contribution in [0, 0.1) is 5.92 Å². The van der Waals surface area contributed by atoms with Crippen molar-refractivity contribution >= 4 is 28.4 Å². The molecule has 1 saturated heterocycles. The molecule has 1 atom stereocenters. The monoisotopic (exact) mass is 291 g/mol. The van der Waals surface area contributed by atoms with Gasteiger partial charge in [-0.3, -0.25) is 9.20 Å². The Balaban J connectivity index is 1.83. The average Bonchev–Trinajstić information content (AvgIpc) is 2.94. The predicted octanol–water partition coefficient (Wildman–Crippen LogP) is 3.61.